The lowest BCUT2D eigenvalue weighted by molar-refractivity contribution is 0.0297. The van der Waals surface area contributed by atoms with Gasteiger partial charge in [0.25, 0.3) is 0 Å². The van der Waals surface area contributed by atoms with E-state index in [0.717, 1.165) is 5.92 Å². The van der Waals surface area contributed by atoms with Gasteiger partial charge in [0.05, 0.1) is 0 Å². The van der Waals surface area contributed by atoms with Crippen molar-refractivity contribution >= 4 is 0 Å². The molecule has 0 aromatic carbocycles. The van der Waals surface area contributed by atoms with Crippen LogP contribution in [0.4, 0.5) is 0 Å². The van der Waals surface area contributed by atoms with E-state index in [-0.39, 0.29) is 0 Å². The van der Waals surface area contributed by atoms with Gasteiger partial charge in [0.2, 0.25) is 0 Å². The summed E-state index contributed by atoms with van der Waals surface area (Å²) >= 11 is 0. The number of hydrogen-bond donors (Lipinski definition) is 1. The third-order valence-corrected chi connectivity index (χ3v) is 4.91. The molecule has 2 atom stereocenters. The molecule has 0 bridgehead atoms. The zero-order valence-corrected chi connectivity index (χ0v) is 12.6. The fraction of sp³-hybridized carbons (Fsp3) is 1.00. The zero-order valence-electron chi connectivity index (χ0n) is 12.6. The first-order chi connectivity index (χ1) is 8.00. The van der Waals surface area contributed by atoms with E-state index in [9.17, 15) is 0 Å². The molecule has 0 aliphatic carbocycles. The van der Waals surface area contributed by atoms with E-state index in [1.54, 1.807) is 0 Å². The summed E-state index contributed by atoms with van der Waals surface area (Å²) in [4.78, 5) is 2.51. The Morgan fingerprint density at radius 2 is 1.94 bits per heavy atom. The van der Waals surface area contributed by atoms with Crippen molar-refractivity contribution in [3.8, 4) is 0 Å². The summed E-state index contributed by atoms with van der Waals surface area (Å²) < 4.78 is 0. The van der Waals surface area contributed by atoms with Crippen molar-refractivity contribution in [2.75, 3.05) is 20.1 Å². The Labute approximate surface area is 108 Å². The van der Waals surface area contributed by atoms with Crippen LogP contribution in [0.5, 0.6) is 0 Å². The highest BCUT2D eigenvalue weighted by atomic mass is 15.2. The van der Waals surface area contributed by atoms with E-state index < -0.39 is 0 Å². The molecule has 2 unspecified atom stereocenters. The van der Waals surface area contributed by atoms with Crippen molar-refractivity contribution in [3.63, 3.8) is 0 Å². The van der Waals surface area contributed by atoms with E-state index in [1.165, 1.54) is 45.2 Å². The van der Waals surface area contributed by atoms with E-state index in [0.29, 0.717) is 11.6 Å². The standard InChI is InChI=1S/C15H32N2/c1-6-7-8-9-11-16-14-10-12-17(5)15(3,4)13(14)2/h13-14,16H,6-12H2,1-5H3. The molecule has 102 valence electrons. The molecule has 0 amide bonds. The molecule has 0 radical (unpaired) electrons. The lowest BCUT2D eigenvalue weighted by Crippen LogP contribution is -2.59. The molecule has 1 heterocycles. The van der Waals surface area contributed by atoms with Gasteiger partial charge >= 0.3 is 0 Å². The number of unbranched alkanes of at least 4 members (excludes halogenated alkanes) is 3. The Morgan fingerprint density at radius 1 is 1.24 bits per heavy atom. The van der Waals surface area contributed by atoms with Gasteiger partial charge in [0, 0.05) is 11.6 Å². The number of hydrogen-bond acceptors (Lipinski definition) is 2. The largest absolute Gasteiger partial charge is 0.314 e. The summed E-state index contributed by atoms with van der Waals surface area (Å²) in [6.07, 6.45) is 6.74. The molecule has 17 heavy (non-hydrogen) atoms. The molecule has 1 aliphatic rings. The van der Waals surface area contributed by atoms with Crippen molar-refractivity contribution in [2.45, 2.75) is 71.4 Å². The zero-order chi connectivity index (χ0) is 12.9. The Bertz CT molecular complexity index is 213. The van der Waals surface area contributed by atoms with E-state index in [1.807, 2.05) is 0 Å². The van der Waals surface area contributed by atoms with Gasteiger partial charge in [-0.15, -0.1) is 0 Å². The number of nitrogens with one attached hydrogen (secondary N) is 1. The van der Waals surface area contributed by atoms with Crippen molar-refractivity contribution in [1.82, 2.24) is 10.2 Å². The first-order valence-electron chi connectivity index (χ1n) is 7.44. The third kappa shape index (κ3) is 3.96. The molecule has 1 fully saturated rings. The minimum Gasteiger partial charge on any atom is -0.314 e. The second-order valence-corrected chi connectivity index (χ2v) is 6.27. The van der Waals surface area contributed by atoms with Crippen LogP contribution < -0.4 is 5.32 Å². The minimum absolute atomic E-state index is 0.333. The Kier molecular flexibility index (Phi) is 5.94. The van der Waals surface area contributed by atoms with E-state index >= 15 is 0 Å². The molecular weight excluding hydrogens is 208 g/mol. The molecule has 0 spiro atoms. The van der Waals surface area contributed by atoms with Gasteiger partial charge in [-0.2, -0.15) is 0 Å². The van der Waals surface area contributed by atoms with Gasteiger partial charge in [0.1, 0.15) is 0 Å². The van der Waals surface area contributed by atoms with Crippen LogP contribution in [0.15, 0.2) is 0 Å². The lowest BCUT2D eigenvalue weighted by Gasteiger charge is -2.49. The number of piperidine rings is 1. The van der Waals surface area contributed by atoms with Gasteiger partial charge < -0.3 is 10.2 Å². The fourth-order valence-corrected chi connectivity index (χ4v) is 2.83. The number of likely N-dealkylation sites (tertiary alicyclic amines) is 1. The van der Waals surface area contributed by atoms with Crippen LogP contribution in [0.3, 0.4) is 0 Å². The Hall–Kier alpha value is -0.0800. The maximum Gasteiger partial charge on any atom is 0.0190 e. The van der Waals surface area contributed by atoms with Gasteiger partial charge in [-0.05, 0) is 52.7 Å². The number of nitrogens with zero attached hydrogens (tertiary/aromatic N) is 1. The molecule has 1 saturated heterocycles. The maximum atomic E-state index is 3.78. The lowest BCUT2D eigenvalue weighted by atomic mass is 9.77. The van der Waals surface area contributed by atoms with Gasteiger partial charge in [-0.1, -0.05) is 33.1 Å². The molecule has 1 aliphatic heterocycles. The summed E-state index contributed by atoms with van der Waals surface area (Å²) in [5.74, 6) is 0.729. The summed E-state index contributed by atoms with van der Waals surface area (Å²) in [5, 5.41) is 3.78. The van der Waals surface area contributed by atoms with Crippen LogP contribution in [-0.2, 0) is 0 Å². The van der Waals surface area contributed by atoms with E-state index in [4.69, 9.17) is 0 Å². The summed E-state index contributed by atoms with van der Waals surface area (Å²) in [6, 6.07) is 0.711. The normalized spacial score (nSPS) is 29.5. The SMILES string of the molecule is CCCCCCNC1CCN(C)C(C)(C)C1C. The molecule has 0 saturated carbocycles. The summed E-state index contributed by atoms with van der Waals surface area (Å²) in [6.45, 7) is 11.9. The number of rotatable bonds is 6. The monoisotopic (exact) mass is 240 g/mol. The molecule has 2 nitrogen and oxygen atoms in total. The first-order valence-corrected chi connectivity index (χ1v) is 7.44. The highest BCUT2D eigenvalue weighted by Crippen LogP contribution is 2.31. The Balaban J connectivity index is 2.29. The van der Waals surface area contributed by atoms with Gasteiger partial charge in [-0.3, -0.25) is 0 Å². The molecule has 2 heteroatoms. The van der Waals surface area contributed by atoms with Gasteiger partial charge in [-0.25, -0.2) is 0 Å². The molecular formula is C15H32N2. The van der Waals surface area contributed by atoms with Crippen molar-refractivity contribution in [2.24, 2.45) is 5.92 Å². The Morgan fingerprint density at radius 3 is 2.59 bits per heavy atom. The molecule has 0 aromatic heterocycles. The predicted octanol–water partition coefficient (Wildman–Crippen LogP) is 3.28. The van der Waals surface area contributed by atoms with Crippen LogP contribution in [0.25, 0.3) is 0 Å². The van der Waals surface area contributed by atoms with Crippen molar-refractivity contribution in [3.05, 3.63) is 0 Å². The molecule has 1 N–H and O–H groups in total. The fourth-order valence-electron chi connectivity index (χ4n) is 2.83. The molecule has 1 rings (SSSR count). The van der Waals surface area contributed by atoms with Crippen LogP contribution in [0.2, 0.25) is 0 Å². The smallest absolute Gasteiger partial charge is 0.0190 e. The second kappa shape index (κ2) is 6.75. The highest BCUT2D eigenvalue weighted by molar-refractivity contribution is 4.96. The van der Waals surface area contributed by atoms with Crippen LogP contribution >= 0.6 is 0 Å². The molecule has 0 aromatic rings. The topological polar surface area (TPSA) is 15.3 Å². The van der Waals surface area contributed by atoms with Crippen LogP contribution in [0.1, 0.15) is 59.8 Å². The highest BCUT2D eigenvalue weighted by Gasteiger charge is 2.38. The van der Waals surface area contributed by atoms with Crippen molar-refractivity contribution in [1.29, 1.82) is 0 Å². The average molecular weight is 240 g/mol. The van der Waals surface area contributed by atoms with E-state index in [2.05, 4.69) is 45.0 Å². The maximum absolute atomic E-state index is 3.78. The quantitative estimate of drug-likeness (QED) is 0.717. The third-order valence-electron chi connectivity index (χ3n) is 4.91. The van der Waals surface area contributed by atoms with Crippen LogP contribution in [-0.4, -0.2) is 36.6 Å². The van der Waals surface area contributed by atoms with Crippen LogP contribution in [0, 0.1) is 5.92 Å². The first kappa shape index (κ1) is 15.0. The van der Waals surface area contributed by atoms with Gasteiger partial charge in [0.15, 0.2) is 0 Å². The average Bonchev–Trinajstić information content (AvgIpc) is 2.29. The summed E-state index contributed by atoms with van der Waals surface area (Å²) in [7, 11) is 2.26. The van der Waals surface area contributed by atoms with Crippen molar-refractivity contribution < 1.29 is 0 Å². The minimum atomic E-state index is 0.333. The summed E-state index contributed by atoms with van der Waals surface area (Å²) in [5.41, 5.74) is 0.333. The second-order valence-electron chi connectivity index (χ2n) is 6.27. The predicted molar refractivity (Wildman–Crippen MR) is 76.4 cm³/mol.